The smallest absolute Gasteiger partial charge is 0.410 e. The van der Waals surface area contributed by atoms with Gasteiger partial charge >= 0.3 is 6.09 Å². The van der Waals surface area contributed by atoms with Crippen LogP contribution in [0.25, 0.3) is 10.4 Å². The van der Waals surface area contributed by atoms with Gasteiger partial charge in [0.25, 0.3) is 0 Å². The summed E-state index contributed by atoms with van der Waals surface area (Å²) in [6.45, 7) is 16.4. The first kappa shape index (κ1) is 35.8. The third-order valence-electron chi connectivity index (χ3n) is 10.2. The molecule has 3 aliphatic heterocycles. The number of aliphatic hydroxyl groups excluding tert-OH is 1. The van der Waals surface area contributed by atoms with Gasteiger partial charge in [0.2, 0.25) is 11.8 Å². The first-order valence-corrected chi connectivity index (χ1v) is 18.5. The predicted molar refractivity (Wildman–Crippen MR) is 191 cm³/mol. The normalized spacial score (nSPS) is 21.7. The largest absolute Gasteiger partial charge is 0.444 e. The third-order valence-corrected chi connectivity index (χ3v) is 11.2. The van der Waals surface area contributed by atoms with Crippen LogP contribution in [0.1, 0.15) is 89.8 Å². The van der Waals surface area contributed by atoms with Crippen LogP contribution in [0.3, 0.4) is 0 Å². The van der Waals surface area contributed by atoms with Crippen LogP contribution < -0.4 is 10.2 Å². The molecule has 3 amide bonds. The summed E-state index contributed by atoms with van der Waals surface area (Å²) in [6.07, 6.45) is 0.878. The molecule has 3 aromatic rings. The van der Waals surface area contributed by atoms with Gasteiger partial charge in [0, 0.05) is 50.6 Å². The third kappa shape index (κ3) is 7.53. The van der Waals surface area contributed by atoms with Crippen LogP contribution in [0.15, 0.2) is 40.4 Å². The molecule has 4 atom stereocenters. The van der Waals surface area contributed by atoms with Gasteiger partial charge in [0.15, 0.2) is 11.6 Å². The number of likely N-dealkylation sites (tertiary alicyclic amines) is 2. The lowest BCUT2D eigenvalue weighted by Crippen LogP contribution is -2.61. The Bertz CT molecular complexity index is 1680. The number of hydrogen-bond acceptors (Lipinski definition) is 10. The van der Waals surface area contributed by atoms with E-state index in [0.717, 1.165) is 47.6 Å². The summed E-state index contributed by atoms with van der Waals surface area (Å²) in [7, 11) is 0. The topological polar surface area (TPSA) is 141 Å². The zero-order valence-electron chi connectivity index (χ0n) is 30.1. The molecule has 3 fully saturated rings. The van der Waals surface area contributed by atoms with Crippen molar-refractivity contribution in [1.29, 1.82) is 0 Å². The molecular weight excluding hydrogens is 657 g/mol. The fourth-order valence-corrected chi connectivity index (χ4v) is 8.23. The molecule has 1 spiro atoms. The van der Waals surface area contributed by atoms with Crippen molar-refractivity contribution in [2.24, 2.45) is 11.3 Å². The number of amides is 3. The molecule has 0 bridgehead atoms. The number of β-amino-alcohol motifs (C(OH)–C–C–N with tert-alkyl or cyclic N) is 1. The summed E-state index contributed by atoms with van der Waals surface area (Å²) in [5.41, 5.74) is 4.42. The monoisotopic (exact) mass is 706 g/mol. The van der Waals surface area contributed by atoms with E-state index in [9.17, 15) is 19.5 Å². The Morgan fingerprint density at radius 3 is 2.38 bits per heavy atom. The Morgan fingerprint density at radius 2 is 1.78 bits per heavy atom. The van der Waals surface area contributed by atoms with Crippen molar-refractivity contribution in [3.8, 4) is 10.4 Å². The van der Waals surface area contributed by atoms with E-state index in [1.807, 2.05) is 84.3 Å². The van der Waals surface area contributed by atoms with E-state index in [1.165, 1.54) is 4.90 Å². The Labute approximate surface area is 298 Å². The number of nitrogens with one attached hydrogen (secondary N) is 1. The molecule has 5 heterocycles. The summed E-state index contributed by atoms with van der Waals surface area (Å²) in [5.74, 6) is -0.223. The number of anilines is 1. The SMILES string of the molecule is Cc1ncsc1-c1ccc([C@H](C)NC(=O)[C@@H]2C[C@@H](O)CN2C(=O)C(c2cc(N3CC4(CCN(C(=O)OC(C)(C)C)CC4)C3)no2)C(C)C)cc1. The van der Waals surface area contributed by atoms with Crippen molar-refractivity contribution in [3.63, 3.8) is 0 Å². The highest BCUT2D eigenvalue weighted by Gasteiger charge is 2.48. The molecule has 0 aliphatic carbocycles. The van der Waals surface area contributed by atoms with Crippen LogP contribution in [0.2, 0.25) is 0 Å². The van der Waals surface area contributed by atoms with Gasteiger partial charge in [0.1, 0.15) is 17.6 Å². The summed E-state index contributed by atoms with van der Waals surface area (Å²) in [5, 5.41) is 18.1. The Kier molecular flexibility index (Phi) is 10.0. The highest BCUT2D eigenvalue weighted by atomic mass is 32.1. The number of hydrogen-bond donors (Lipinski definition) is 2. The second kappa shape index (κ2) is 14.0. The number of nitrogens with zero attached hydrogens (tertiary/aromatic N) is 5. The van der Waals surface area contributed by atoms with Gasteiger partial charge in [-0.25, -0.2) is 9.78 Å². The zero-order valence-corrected chi connectivity index (χ0v) is 31.0. The second-order valence-electron chi connectivity index (χ2n) is 15.6. The molecule has 1 aromatic carbocycles. The van der Waals surface area contributed by atoms with Gasteiger partial charge in [-0.15, -0.1) is 11.3 Å². The van der Waals surface area contributed by atoms with Crippen LogP contribution in [0, 0.1) is 18.3 Å². The van der Waals surface area contributed by atoms with Crippen molar-refractivity contribution < 1.29 is 28.8 Å². The number of aliphatic hydroxyl groups is 1. The molecule has 2 N–H and O–H groups in total. The van der Waals surface area contributed by atoms with E-state index >= 15 is 0 Å². The first-order chi connectivity index (χ1) is 23.6. The first-order valence-electron chi connectivity index (χ1n) is 17.6. The standard InChI is InChI=1S/C37H50N6O6S/c1-22(2)31(29-17-30(40-49-29)42-19-37(20-42)12-14-41(15-13-37)35(47)48-36(5,6)7)34(46)43-18-27(44)16-28(43)33(45)39-23(3)25-8-10-26(11-9-25)32-24(4)38-21-50-32/h8-11,17,21-23,27-28,31,44H,12-16,18-20H2,1-7H3,(H,39,45)/t23-,27+,28-,31?/m0/s1. The average molecular weight is 707 g/mol. The van der Waals surface area contributed by atoms with Crippen LogP contribution >= 0.6 is 11.3 Å². The number of carbonyl (C=O) groups excluding carboxylic acids is 3. The lowest BCUT2D eigenvalue weighted by molar-refractivity contribution is -0.141. The Balaban J connectivity index is 1.07. The number of thiazole rings is 1. The van der Waals surface area contributed by atoms with Gasteiger partial charge in [-0.1, -0.05) is 43.3 Å². The quantitative estimate of drug-likeness (QED) is 0.310. The van der Waals surface area contributed by atoms with Crippen molar-refractivity contribution in [2.75, 3.05) is 37.6 Å². The summed E-state index contributed by atoms with van der Waals surface area (Å²) in [6, 6.07) is 8.79. The number of benzene rings is 1. The Hall–Kier alpha value is -3.97. The number of ether oxygens (including phenoxy) is 1. The number of aryl methyl sites for hydroxylation is 1. The Morgan fingerprint density at radius 1 is 1.10 bits per heavy atom. The minimum Gasteiger partial charge on any atom is -0.444 e. The van der Waals surface area contributed by atoms with Gasteiger partial charge < -0.3 is 34.4 Å². The van der Waals surface area contributed by atoms with Crippen molar-refractivity contribution in [1.82, 2.24) is 25.3 Å². The predicted octanol–water partition coefficient (Wildman–Crippen LogP) is 5.52. The van der Waals surface area contributed by atoms with Gasteiger partial charge in [-0.05, 0) is 64.5 Å². The molecule has 270 valence electrons. The molecule has 3 aliphatic rings. The van der Waals surface area contributed by atoms with E-state index < -0.39 is 23.7 Å². The molecule has 12 nitrogen and oxygen atoms in total. The van der Waals surface area contributed by atoms with E-state index in [4.69, 9.17) is 9.26 Å². The highest BCUT2D eigenvalue weighted by Crippen LogP contribution is 2.43. The van der Waals surface area contributed by atoms with Gasteiger partial charge in [-0.3, -0.25) is 9.59 Å². The van der Waals surface area contributed by atoms with Gasteiger partial charge in [0.05, 0.1) is 28.2 Å². The fourth-order valence-electron chi connectivity index (χ4n) is 7.42. The number of aromatic nitrogens is 2. The fraction of sp³-hybridized carbons (Fsp3) is 0.595. The maximum absolute atomic E-state index is 14.1. The molecule has 0 radical (unpaired) electrons. The molecule has 50 heavy (non-hydrogen) atoms. The lowest BCUT2D eigenvalue weighted by atomic mass is 9.72. The highest BCUT2D eigenvalue weighted by molar-refractivity contribution is 7.13. The van der Waals surface area contributed by atoms with Crippen LogP contribution in [-0.2, 0) is 14.3 Å². The average Bonchev–Trinajstić information content (AvgIpc) is 3.79. The van der Waals surface area contributed by atoms with E-state index in [1.54, 1.807) is 16.2 Å². The minimum absolute atomic E-state index is 0.0768. The van der Waals surface area contributed by atoms with Gasteiger partial charge in [-0.2, -0.15) is 0 Å². The van der Waals surface area contributed by atoms with Crippen LogP contribution in [0.4, 0.5) is 10.6 Å². The van der Waals surface area contributed by atoms with Crippen molar-refractivity contribution in [2.45, 2.75) is 97.4 Å². The van der Waals surface area contributed by atoms with Crippen LogP contribution in [0.5, 0.6) is 0 Å². The molecule has 1 unspecified atom stereocenters. The lowest BCUT2D eigenvalue weighted by Gasteiger charge is -2.53. The summed E-state index contributed by atoms with van der Waals surface area (Å²) in [4.78, 5) is 51.2. The molecule has 3 saturated heterocycles. The maximum atomic E-state index is 14.1. The summed E-state index contributed by atoms with van der Waals surface area (Å²) >= 11 is 1.59. The molecule has 0 saturated carbocycles. The number of piperidine rings is 1. The van der Waals surface area contributed by atoms with Crippen molar-refractivity contribution >= 4 is 35.1 Å². The number of carbonyl (C=O) groups is 3. The van der Waals surface area contributed by atoms with Crippen molar-refractivity contribution in [3.05, 3.63) is 52.9 Å². The zero-order chi connectivity index (χ0) is 36.0. The molecule has 13 heteroatoms. The second-order valence-corrected chi connectivity index (χ2v) is 16.5. The molecule has 6 rings (SSSR count). The van der Waals surface area contributed by atoms with E-state index in [2.05, 4.69) is 20.4 Å². The number of rotatable bonds is 8. The summed E-state index contributed by atoms with van der Waals surface area (Å²) < 4.78 is 11.4. The maximum Gasteiger partial charge on any atom is 0.410 e. The van der Waals surface area contributed by atoms with E-state index in [-0.39, 0.29) is 48.2 Å². The van der Waals surface area contributed by atoms with E-state index in [0.29, 0.717) is 24.7 Å². The minimum atomic E-state index is -0.802. The molecular formula is C37H50N6O6S. The molecule has 2 aromatic heterocycles. The van der Waals surface area contributed by atoms with Crippen LogP contribution in [-0.4, -0.2) is 93.4 Å².